The molecular formula is C5H11NO2Se. The number of aliphatic carboxylic acids is 1. The molecule has 0 heterocycles. The molecule has 0 saturated heterocycles. The van der Waals surface area contributed by atoms with E-state index in [1.165, 1.54) is 0 Å². The Morgan fingerprint density at radius 1 is 1.89 bits per heavy atom. The third kappa shape index (κ3) is 3.51. The Morgan fingerprint density at radius 3 is 2.56 bits per heavy atom. The Kier molecular flexibility index (Phi) is 4.77. The van der Waals surface area contributed by atoms with Crippen LogP contribution in [0.5, 0.6) is 0 Å². The molecule has 0 aromatic carbocycles. The third-order valence-electron chi connectivity index (χ3n) is 0.931. The molecule has 0 unspecified atom stereocenters. The molecule has 0 saturated carbocycles. The van der Waals surface area contributed by atoms with Crippen molar-refractivity contribution in [2.45, 2.75) is 18.3 Å². The summed E-state index contributed by atoms with van der Waals surface area (Å²) < 4.78 is 0. The van der Waals surface area contributed by atoms with Crippen molar-refractivity contribution in [1.82, 2.24) is 5.32 Å². The van der Waals surface area contributed by atoms with E-state index in [2.05, 4.69) is 21.3 Å². The van der Waals surface area contributed by atoms with Crippen molar-refractivity contribution in [3.05, 3.63) is 0 Å². The summed E-state index contributed by atoms with van der Waals surface area (Å²) in [6.07, 6.45) is 0. The van der Waals surface area contributed by atoms with Gasteiger partial charge in [0.2, 0.25) is 0 Å². The topological polar surface area (TPSA) is 49.3 Å². The number of rotatable bonds is 4. The minimum absolute atomic E-state index is 0.394. The van der Waals surface area contributed by atoms with Gasteiger partial charge in [0.1, 0.15) is 0 Å². The summed E-state index contributed by atoms with van der Waals surface area (Å²) in [5, 5.41) is 11.8. The molecule has 0 aromatic heterocycles. The van der Waals surface area contributed by atoms with E-state index < -0.39 is 12.0 Å². The van der Waals surface area contributed by atoms with Crippen LogP contribution in [0.15, 0.2) is 0 Å². The molecule has 0 bridgehead atoms. The number of carboxylic acid groups (broad SMARTS) is 1. The van der Waals surface area contributed by atoms with E-state index in [1.807, 2.05) is 6.92 Å². The summed E-state index contributed by atoms with van der Waals surface area (Å²) in [4.78, 5) is 10.2. The summed E-state index contributed by atoms with van der Waals surface area (Å²) >= 11 is 2.26. The molecule has 0 spiro atoms. The van der Waals surface area contributed by atoms with Crippen molar-refractivity contribution >= 4 is 22.0 Å². The predicted octanol–water partition coefficient (Wildman–Crippen LogP) is -0.632. The van der Waals surface area contributed by atoms with Crippen LogP contribution in [0.2, 0.25) is 5.32 Å². The first-order chi connectivity index (χ1) is 4.22. The zero-order valence-electron chi connectivity index (χ0n) is 5.29. The van der Waals surface area contributed by atoms with Crippen molar-refractivity contribution in [3.63, 3.8) is 0 Å². The fraction of sp³-hybridized carbons (Fsp3) is 0.800. The van der Waals surface area contributed by atoms with E-state index in [0.29, 0.717) is 11.9 Å². The van der Waals surface area contributed by atoms with E-state index in [0.717, 1.165) is 0 Å². The molecule has 3 nitrogen and oxygen atoms in total. The first-order valence-electron chi connectivity index (χ1n) is 2.79. The molecule has 0 rings (SSSR count). The molecule has 54 valence electrons. The second-order valence-electron chi connectivity index (χ2n) is 1.63. The van der Waals surface area contributed by atoms with Gasteiger partial charge in [-0.15, -0.1) is 0 Å². The van der Waals surface area contributed by atoms with E-state index in [9.17, 15) is 4.79 Å². The summed E-state index contributed by atoms with van der Waals surface area (Å²) in [7, 11) is 0. The Morgan fingerprint density at radius 2 is 2.44 bits per heavy atom. The number of hydrogen-bond acceptors (Lipinski definition) is 2. The Balaban J connectivity index is 3.54. The Labute approximate surface area is 62.6 Å². The molecular weight excluding hydrogens is 185 g/mol. The van der Waals surface area contributed by atoms with Crippen molar-refractivity contribution < 1.29 is 9.90 Å². The fourth-order valence-electron chi connectivity index (χ4n) is 0.476. The van der Waals surface area contributed by atoms with E-state index in [-0.39, 0.29) is 0 Å². The maximum atomic E-state index is 10.2. The second kappa shape index (κ2) is 4.79. The molecule has 2 N–H and O–H groups in total. The number of carboxylic acids is 1. The molecule has 9 heavy (non-hydrogen) atoms. The van der Waals surface area contributed by atoms with Gasteiger partial charge in [0.25, 0.3) is 0 Å². The summed E-state index contributed by atoms with van der Waals surface area (Å²) in [5.74, 6) is -0.780. The van der Waals surface area contributed by atoms with Crippen LogP contribution >= 0.6 is 0 Å². The summed E-state index contributed by atoms with van der Waals surface area (Å²) in [5.41, 5.74) is 0. The van der Waals surface area contributed by atoms with Gasteiger partial charge in [-0.1, -0.05) is 0 Å². The first kappa shape index (κ1) is 8.95. The van der Waals surface area contributed by atoms with Crippen LogP contribution in [0.1, 0.15) is 6.92 Å². The van der Waals surface area contributed by atoms with Crippen LogP contribution in [0.3, 0.4) is 0 Å². The zero-order valence-corrected chi connectivity index (χ0v) is 7.17. The van der Waals surface area contributed by atoms with Gasteiger partial charge in [-0.2, -0.15) is 0 Å². The van der Waals surface area contributed by atoms with Gasteiger partial charge in [0.05, 0.1) is 0 Å². The van der Waals surface area contributed by atoms with Gasteiger partial charge < -0.3 is 0 Å². The van der Waals surface area contributed by atoms with Crippen LogP contribution in [-0.2, 0) is 4.79 Å². The number of hydrogen-bond donors (Lipinski definition) is 2. The van der Waals surface area contributed by atoms with E-state index >= 15 is 0 Å². The first-order valence-corrected chi connectivity index (χ1v) is 4.12. The van der Waals surface area contributed by atoms with Crippen molar-refractivity contribution in [1.29, 1.82) is 0 Å². The quantitative estimate of drug-likeness (QED) is 0.588. The molecule has 0 amide bonds. The number of likely N-dealkylation sites (N-methyl/N-ethyl adjacent to an activating group) is 1. The standard InChI is InChI=1S/C5H11NO2Se/c1-2-6-4(3-9)5(7)8/h4,6,9H,2-3H2,1H3,(H,7,8)/t4-/m0/s1. The van der Waals surface area contributed by atoms with Crippen LogP contribution in [-0.4, -0.2) is 39.7 Å². The van der Waals surface area contributed by atoms with Crippen LogP contribution in [0.25, 0.3) is 0 Å². The van der Waals surface area contributed by atoms with Gasteiger partial charge in [0.15, 0.2) is 0 Å². The van der Waals surface area contributed by atoms with Gasteiger partial charge in [-0.05, 0) is 0 Å². The SMILES string of the molecule is CCN[C@@H](C[SeH])C(=O)O. The molecule has 0 aliphatic heterocycles. The molecule has 4 heteroatoms. The molecule has 1 atom stereocenters. The minimum atomic E-state index is -0.780. The van der Waals surface area contributed by atoms with Crippen molar-refractivity contribution in [2.75, 3.05) is 6.54 Å². The molecule has 0 aromatic rings. The van der Waals surface area contributed by atoms with Gasteiger partial charge in [-0.25, -0.2) is 0 Å². The third-order valence-corrected chi connectivity index (χ3v) is 1.70. The summed E-state index contributed by atoms with van der Waals surface area (Å²) in [6, 6.07) is -0.394. The number of carbonyl (C=O) groups is 1. The average molecular weight is 196 g/mol. The average Bonchev–Trinajstić information content (AvgIpc) is 1.82. The monoisotopic (exact) mass is 197 g/mol. The molecule has 0 fully saturated rings. The van der Waals surface area contributed by atoms with Gasteiger partial charge >= 0.3 is 62.0 Å². The second-order valence-corrected chi connectivity index (χ2v) is 2.40. The zero-order chi connectivity index (χ0) is 7.28. The number of nitrogens with one attached hydrogen (secondary N) is 1. The van der Waals surface area contributed by atoms with Gasteiger partial charge in [-0.3, -0.25) is 0 Å². The van der Waals surface area contributed by atoms with E-state index in [1.54, 1.807) is 0 Å². The van der Waals surface area contributed by atoms with Crippen LogP contribution in [0.4, 0.5) is 0 Å². The Hall–Kier alpha value is -0.0505. The summed E-state index contributed by atoms with van der Waals surface area (Å²) in [6.45, 7) is 2.59. The van der Waals surface area contributed by atoms with Crippen LogP contribution < -0.4 is 5.32 Å². The molecule has 0 aliphatic rings. The van der Waals surface area contributed by atoms with Crippen molar-refractivity contribution in [3.8, 4) is 0 Å². The molecule has 0 radical (unpaired) electrons. The molecule has 0 aliphatic carbocycles. The maximum absolute atomic E-state index is 10.2. The van der Waals surface area contributed by atoms with Crippen molar-refractivity contribution in [2.24, 2.45) is 0 Å². The Bertz CT molecular complexity index is 97.0. The predicted molar refractivity (Wildman–Crippen MR) is 37.1 cm³/mol. The fourth-order valence-corrected chi connectivity index (χ4v) is 1.07. The van der Waals surface area contributed by atoms with Crippen LogP contribution in [0, 0.1) is 0 Å². The van der Waals surface area contributed by atoms with E-state index in [4.69, 9.17) is 5.11 Å². The normalized spacial score (nSPS) is 13.1. The van der Waals surface area contributed by atoms with Gasteiger partial charge in [0, 0.05) is 0 Å².